The molecule has 3 heterocycles. The quantitative estimate of drug-likeness (QED) is 0.778. The third-order valence-corrected chi connectivity index (χ3v) is 4.32. The average Bonchev–Trinajstić information content (AvgIpc) is 3.10. The SMILES string of the molecule is CNc1nc(-c2cc(-c3cccs3)n[nH]c2=O)cs1. The first kappa shape index (κ1) is 12.1. The van der Waals surface area contributed by atoms with Gasteiger partial charge in [-0.05, 0) is 17.5 Å². The number of nitrogens with zero attached hydrogens (tertiary/aromatic N) is 2. The van der Waals surface area contributed by atoms with Crippen molar-refractivity contribution in [2.75, 3.05) is 12.4 Å². The molecular formula is C12H10N4OS2. The minimum Gasteiger partial charge on any atom is -0.365 e. The molecule has 3 aromatic rings. The van der Waals surface area contributed by atoms with Crippen LogP contribution in [0.25, 0.3) is 21.8 Å². The molecule has 0 aromatic carbocycles. The molecule has 0 amide bonds. The van der Waals surface area contributed by atoms with Gasteiger partial charge in [0.25, 0.3) is 5.56 Å². The Morgan fingerprint density at radius 2 is 2.21 bits per heavy atom. The lowest BCUT2D eigenvalue weighted by molar-refractivity contribution is 0.999. The van der Waals surface area contributed by atoms with Crippen molar-refractivity contribution in [3.63, 3.8) is 0 Å². The zero-order valence-corrected chi connectivity index (χ0v) is 11.6. The van der Waals surface area contributed by atoms with E-state index in [-0.39, 0.29) is 5.56 Å². The van der Waals surface area contributed by atoms with Gasteiger partial charge in [-0.1, -0.05) is 6.07 Å². The predicted molar refractivity (Wildman–Crippen MR) is 78.8 cm³/mol. The van der Waals surface area contributed by atoms with E-state index in [1.165, 1.54) is 11.3 Å². The van der Waals surface area contributed by atoms with Gasteiger partial charge in [0.15, 0.2) is 5.13 Å². The summed E-state index contributed by atoms with van der Waals surface area (Å²) in [6.45, 7) is 0. The zero-order chi connectivity index (χ0) is 13.2. The van der Waals surface area contributed by atoms with Crippen LogP contribution in [0.3, 0.4) is 0 Å². The topological polar surface area (TPSA) is 70.7 Å². The van der Waals surface area contributed by atoms with Crippen molar-refractivity contribution in [3.8, 4) is 21.8 Å². The van der Waals surface area contributed by atoms with Crippen LogP contribution < -0.4 is 10.9 Å². The van der Waals surface area contributed by atoms with E-state index in [2.05, 4.69) is 20.5 Å². The van der Waals surface area contributed by atoms with Crippen molar-refractivity contribution in [3.05, 3.63) is 39.3 Å². The van der Waals surface area contributed by atoms with Crippen LogP contribution in [0, 0.1) is 0 Å². The van der Waals surface area contributed by atoms with Gasteiger partial charge in [0.2, 0.25) is 0 Å². The Kier molecular flexibility index (Phi) is 3.14. The second-order valence-electron chi connectivity index (χ2n) is 3.76. The summed E-state index contributed by atoms with van der Waals surface area (Å²) in [6, 6.07) is 5.70. The lowest BCUT2D eigenvalue weighted by atomic mass is 10.2. The molecule has 0 atom stereocenters. The summed E-state index contributed by atoms with van der Waals surface area (Å²) in [5.74, 6) is 0. The van der Waals surface area contributed by atoms with E-state index in [1.54, 1.807) is 24.5 Å². The molecule has 3 rings (SSSR count). The maximum atomic E-state index is 11.9. The largest absolute Gasteiger partial charge is 0.365 e. The highest BCUT2D eigenvalue weighted by Crippen LogP contribution is 2.26. The number of thiazole rings is 1. The molecule has 0 saturated heterocycles. The number of H-pyrrole nitrogens is 1. The number of thiophene rings is 1. The molecule has 0 aliphatic rings. The Hall–Kier alpha value is -1.99. The highest BCUT2D eigenvalue weighted by atomic mass is 32.1. The Balaban J connectivity index is 2.10. The zero-order valence-electron chi connectivity index (χ0n) is 10.0. The summed E-state index contributed by atoms with van der Waals surface area (Å²) in [4.78, 5) is 17.2. The second kappa shape index (κ2) is 4.94. The number of aromatic nitrogens is 3. The molecule has 0 aliphatic carbocycles. The summed E-state index contributed by atoms with van der Waals surface area (Å²) < 4.78 is 0. The minimum atomic E-state index is -0.228. The van der Waals surface area contributed by atoms with E-state index in [9.17, 15) is 4.79 Å². The number of anilines is 1. The van der Waals surface area contributed by atoms with Crippen LogP contribution in [0.15, 0.2) is 33.8 Å². The lowest BCUT2D eigenvalue weighted by Crippen LogP contribution is -2.11. The maximum Gasteiger partial charge on any atom is 0.273 e. The van der Waals surface area contributed by atoms with Crippen LogP contribution in [-0.2, 0) is 0 Å². The van der Waals surface area contributed by atoms with Gasteiger partial charge in [0.1, 0.15) is 5.69 Å². The Labute approximate surface area is 117 Å². The van der Waals surface area contributed by atoms with E-state index in [1.807, 2.05) is 22.9 Å². The number of hydrogen-bond donors (Lipinski definition) is 2. The minimum absolute atomic E-state index is 0.228. The Morgan fingerprint density at radius 1 is 1.32 bits per heavy atom. The second-order valence-corrected chi connectivity index (χ2v) is 5.57. The molecule has 7 heteroatoms. The molecule has 3 aromatic heterocycles. The highest BCUT2D eigenvalue weighted by molar-refractivity contribution is 7.14. The fourth-order valence-electron chi connectivity index (χ4n) is 1.66. The summed E-state index contributed by atoms with van der Waals surface area (Å²) in [6.07, 6.45) is 0. The molecule has 0 unspecified atom stereocenters. The van der Waals surface area contributed by atoms with Gasteiger partial charge >= 0.3 is 0 Å². The molecule has 0 fully saturated rings. The molecule has 0 aliphatic heterocycles. The number of rotatable bonds is 3. The van der Waals surface area contributed by atoms with Crippen LogP contribution in [-0.4, -0.2) is 22.2 Å². The standard InChI is InChI=1S/C12H10N4OS2/c1-13-12-14-9(6-19-12)7-5-8(15-16-11(7)17)10-3-2-4-18-10/h2-6H,1H3,(H,13,14)(H,16,17). The van der Waals surface area contributed by atoms with Crippen LogP contribution >= 0.6 is 22.7 Å². The van der Waals surface area contributed by atoms with E-state index >= 15 is 0 Å². The first-order chi connectivity index (χ1) is 9.28. The van der Waals surface area contributed by atoms with Gasteiger partial charge in [-0.25, -0.2) is 10.1 Å². The Bertz CT molecular complexity index is 745. The van der Waals surface area contributed by atoms with Gasteiger partial charge in [-0.15, -0.1) is 22.7 Å². The molecule has 0 spiro atoms. The van der Waals surface area contributed by atoms with E-state index < -0.39 is 0 Å². The van der Waals surface area contributed by atoms with Gasteiger partial charge in [0.05, 0.1) is 16.1 Å². The smallest absolute Gasteiger partial charge is 0.273 e. The van der Waals surface area contributed by atoms with Crippen molar-refractivity contribution in [2.45, 2.75) is 0 Å². The van der Waals surface area contributed by atoms with Crippen LogP contribution in [0.1, 0.15) is 0 Å². The van der Waals surface area contributed by atoms with Crippen molar-refractivity contribution in [2.24, 2.45) is 0 Å². The van der Waals surface area contributed by atoms with Crippen molar-refractivity contribution in [1.82, 2.24) is 15.2 Å². The van der Waals surface area contributed by atoms with Crippen LogP contribution in [0.2, 0.25) is 0 Å². The normalized spacial score (nSPS) is 10.6. The highest BCUT2D eigenvalue weighted by Gasteiger charge is 2.11. The molecule has 0 bridgehead atoms. The Morgan fingerprint density at radius 3 is 2.89 bits per heavy atom. The molecule has 19 heavy (non-hydrogen) atoms. The molecule has 5 nitrogen and oxygen atoms in total. The van der Waals surface area contributed by atoms with E-state index in [0.717, 1.165) is 15.7 Å². The fraction of sp³-hybridized carbons (Fsp3) is 0.0833. The summed E-state index contributed by atoms with van der Waals surface area (Å²) in [5, 5.41) is 14.2. The summed E-state index contributed by atoms with van der Waals surface area (Å²) >= 11 is 3.04. The van der Waals surface area contributed by atoms with Crippen molar-refractivity contribution < 1.29 is 0 Å². The van der Waals surface area contributed by atoms with Crippen molar-refractivity contribution >= 4 is 27.8 Å². The first-order valence-electron chi connectivity index (χ1n) is 5.55. The average molecular weight is 290 g/mol. The van der Waals surface area contributed by atoms with Gasteiger partial charge in [-0.2, -0.15) is 5.10 Å². The molecule has 96 valence electrons. The van der Waals surface area contributed by atoms with Gasteiger partial charge in [-0.3, -0.25) is 4.79 Å². The van der Waals surface area contributed by atoms with Crippen LogP contribution in [0.4, 0.5) is 5.13 Å². The van der Waals surface area contributed by atoms with E-state index in [4.69, 9.17) is 0 Å². The molecule has 0 radical (unpaired) electrons. The monoisotopic (exact) mass is 290 g/mol. The summed E-state index contributed by atoms with van der Waals surface area (Å²) in [7, 11) is 1.80. The third kappa shape index (κ3) is 2.29. The predicted octanol–water partition coefficient (Wildman–Crippen LogP) is 2.66. The number of aromatic amines is 1. The van der Waals surface area contributed by atoms with Gasteiger partial charge < -0.3 is 5.32 Å². The maximum absolute atomic E-state index is 11.9. The van der Waals surface area contributed by atoms with E-state index in [0.29, 0.717) is 11.3 Å². The lowest BCUT2D eigenvalue weighted by Gasteiger charge is -1.99. The first-order valence-corrected chi connectivity index (χ1v) is 7.31. The van der Waals surface area contributed by atoms with Crippen molar-refractivity contribution in [1.29, 1.82) is 0 Å². The summed E-state index contributed by atoms with van der Waals surface area (Å²) in [5.41, 5.74) is 1.73. The third-order valence-electron chi connectivity index (χ3n) is 2.57. The molecule has 0 saturated carbocycles. The number of hydrogen-bond acceptors (Lipinski definition) is 6. The number of nitrogens with one attached hydrogen (secondary N) is 2. The fourth-order valence-corrected chi connectivity index (χ4v) is 3.02. The van der Waals surface area contributed by atoms with Gasteiger partial charge in [0, 0.05) is 12.4 Å². The molecule has 2 N–H and O–H groups in total. The molecular weight excluding hydrogens is 280 g/mol. The van der Waals surface area contributed by atoms with Crippen LogP contribution in [0.5, 0.6) is 0 Å².